The maximum Gasteiger partial charge on any atom is 0.269 e. The van der Waals surface area contributed by atoms with Crippen molar-refractivity contribution in [3.63, 3.8) is 0 Å². The zero-order chi connectivity index (χ0) is 12.6. The lowest BCUT2D eigenvalue weighted by molar-refractivity contribution is -0.384. The Morgan fingerprint density at radius 3 is 2.12 bits per heavy atom. The van der Waals surface area contributed by atoms with E-state index in [4.69, 9.17) is 0 Å². The van der Waals surface area contributed by atoms with E-state index in [1.165, 1.54) is 12.1 Å². The predicted octanol–water partition coefficient (Wildman–Crippen LogP) is 3.33. The first kappa shape index (κ1) is 14.9. The van der Waals surface area contributed by atoms with Crippen LogP contribution in [0.5, 0.6) is 0 Å². The maximum atomic E-state index is 10.4. The molecule has 0 atom stereocenters. The summed E-state index contributed by atoms with van der Waals surface area (Å²) in [4.78, 5) is 9.98. The van der Waals surface area contributed by atoms with Gasteiger partial charge in [0.1, 0.15) is 0 Å². The fourth-order valence-electron chi connectivity index (χ4n) is 0.918. The molecule has 0 aliphatic rings. The van der Waals surface area contributed by atoms with Crippen LogP contribution in [0.1, 0.15) is 19.4 Å². The van der Waals surface area contributed by atoms with Gasteiger partial charge < -0.3 is 0 Å². The fourth-order valence-corrected chi connectivity index (χ4v) is 1.52. The van der Waals surface area contributed by atoms with E-state index in [2.05, 4.69) is 0 Å². The van der Waals surface area contributed by atoms with Gasteiger partial charge in [-0.1, -0.05) is 37.9 Å². The smallest absolute Gasteiger partial charge is 0.258 e. The largest absolute Gasteiger partial charge is 0.269 e. The second kappa shape index (κ2) is 8.13. The summed E-state index contributed by atoms with van der Waals surface area (Å²) in [6.07, 6.45) is 0. The molecular weight excluding hydrogens is 224 g/mol. The maximum absolute atomic E-state index is 10.4. The lowest BCUT2D eigenvalue weighted by Crippen LogP contribution is -1.99. The number of rotatable bonds is 4. The summed E-state index contributed by atoms with van der Waals surface area (Å²) in [5.74, 6) is 0.838. The lowest BCUT2D eigenvalue weighted by Gasteiger charge is -2.07. The molecular formula is C11H18N2O2S. The van der Waals surface area contributed by atoms with Gasteiger partial charge in [-0.05, 0) is 19.7 Å². The molecule has 1 aromatic rings. The number of hydrogen-bond acceptors (Lipinski definition) is 4. The molecule has 16 heavy (non-hydrogen) atoms. The highest BCUT2D eigenvalue weighted by atomic mass is 32.2. The Hall–Kier alpha value is -1.07. The Morgan fingerprint density at radius 2 is 1.75 bits per heavy atom. The number of hydrogen-bond donors (Lipinski definition) is 0. The zero-order valence-electron chi connectivity index (χ0n) is 10.1. The molecule has 90 valence electrons. The normalized spacial score (nSPS) is 9.56. The number of nitro benzene ring substituents is 1. The minimum atomic E-state index is -0.386. The summed E-state index contributed by atoms with van der Waals surface area (Å²) >= 11 is 1.66. The van der Waals surface area contributed by atoms with Gasteiger partial charge in [0.15, 0.2) is 0 Å². The SMILES string of the molecule is CC.CN(C)SCc1ccc([N+](=O)[O-])cc1. The van der Waals surface area contributed by atoms with Crippen LogP contribution in [0.2, 0.25) is 0 Å². The minimum absolute atomic E-state index is 0.142. The Kier molecular flexibility index (Phi) is 7.58. The van der Waals surface area contributed by atoms with E-state index in [0.29, 0.717) is 0 Å². The Morgan fingerprint density at radius 1 is 1.25 bits per heavy atom. The van der Waals surface area contributed by atoms with Gasteiger partial charge in [-0.15, -0.1) is 0 Å². The quantitative estimate of drug-likeness (QED) is 0.461. The van der Waals surface area contributed by atoms with E-state index in [1.807, 2.05) is 32.2 Å². The zero-order valence-corrected chi connectivity index (χ0v) is 11.0. The van der Waals surface area contributed by atoms with Crippen molar-refractivity contribution in [1.82, 2.24) is 4.31 Å². The first-order valence-electron chi connectivity index (χ1n) is 5.13. The molecule has 0 aliphatic carbocycles. The third kappa shape index (κ3) is 5.72. The first-order valence-corrected chi connectivity index (χ1v) is 6.07. The van der Waals surface area contributed by atoms with Gasteiger partial charge in [-0.25, -0.2) is 0 Å². The highest BCUT2D eigenvalue weighted by Gasteiger charge is 2.03. The van der Waals surface area contributed by atoms with Gasteiger partial charge in [-0.3, -0.25) is 14.4 Å². The average Bonchev–Trinajstić information content (AvgIpc) is 2.29. The second-order valence-corrected chi connectivity index (χ2v) is 4.29. The van der Waals surface area contributed by atoms with Crippen molar-refractivity contribution in [2.24, 2.45) is 0 Å². The fraction of sp³-hybridized carbons (Fsp3) is 0.455. The molecule has 0 bridgehead atoms. The average molecular weight is 242 g/mol. The standard InChI is InChI=1S/C9H12N2O2S.C2H6/c1-10(2)14-7-8-3-5-9(6-4-8)11(12)13;1-2/h3-6H,7H2,1-2H3;1-2H3. The first-order chi connectivity index (χ1) is 7.59. The molecule has 1 rings (SSSR count). The molecule has 0 amide bonds. The molecule has 4 nitrogen and oxygen atoms in total. The molecule has 0 saturated carbocycles. The van der Waals surface area contributed by atoms with Crippen LogP contribution in [-0.2, 0) is 5.75 Å². The molecule has 0 fully saturated rings. The van der Waals surface area contributed by atoms with E-state index in [-0.39, 0.29) is 10.6 Å². The number of non-ortho nitro benzene ring substituents is 1. The third-order valence-corrected chi connectivity index (χ3v) is 2.62. The molecule has 0 heterocycles. The molecule has 5 heteroatoms. The van der Waals surface area contributed by atoms with Crippen LogP contribution in [0.4, 0.5) is 5.69 Å². The van der Waals surface area contributed by atoms with Crippen molar-refractivity contribution >= 4 is 17.6 Å². The van der Waals surface area contributed by atoms with Crippen molar-refractivity contribution < 1.29 is 4.92 Å². The van der Waals surface area contributed by atoms with Crippen molar-refractivity contribution in [2.75, 3.05) is 14.1 Å². The predicted molar refractivity (Wildman–Crippen MR) is 69.4 cm³/mol. The Labute approximate surface area is 101 Å². The summed E-state index contributed by atoms with van der Waals surface area (Å²) in [5, 5.41) is 10.4. The van der Waals surface area contributed by atoms with Crippen molar-refractivity contribution in [3.8, 4) is 0 Å². The van der Waals surface area contributed by atoms with E-state index < -0.39 is 0 Å². The highest BCUT2D eigenvalue weighted by molar-refractivity contribution is 7.96. The van der Waals surface area contributed by atoms with Crippen LogP contribution >= 0.6 is 11.9 Å². The molecule has 0 spiro atoms. The van der Waals surface area contributed by atoms with Gasteiger partial charge in [-0.2, -0.15) is 0 Å². The highest BCUT2D eigenvalue weighted by Crippen LogP contribution is 2.17. The molecule has 0 saturated heterocycles. The molecule has 0 unspecified atom stereocenters. The van der Waals surface area contributed by atoms with Crippen molar-refractivity contribution in [1.29, 1.82) is 0 Å². The summed E-state index contributed by atoms with van der Waals surface area (Å²) < 4.78 is 2.00. The Bertz CT molecular complexity index is 312. The van der Waals surface area contributed by atoms with E-state index in [1.54, 1.807) is 24.1 Å². The number of nitro groups is 1. The molecule has 1 aromatic carbocycles. The topological polar surface area (TPSA) is 46.4 Å². The van der Waals surface area contributed by atoms with Crippen LogP contribution in [0.25, 0.3) is 0 Å². The van der Waals surface area contributed by atoms with E-state index in [0.717, 1.165) is 11.3 Å². The monoisotopic (exact) mass is 242 g/mol. The lowest BCUT2D eigenvalue weighted by atomic mass is 10.2. The summed E-state index contributed by atoms with van der Waals surface area (Å²) in [6, 6.07) is 6.64. The number of benzene rings is 1. The van der Waals surface area contributed by atoms with Crippen LogP contribution in [0.15, 0.2) is 24.3 Å². The van der Waals surface area contributed by atoms with Crippen LogP contribution < -0.4 is 0 Å². The van der Waals surface area contributed by atoms with Gasteiger partial charge in [0, 0.05) is 17.9 Å². The van der Waals surface area contributed by atoms with Gasteiger partial charge >= 0.3 is 0 Å². The third-order valence-electron chi connectivity index (χ3n) is 1.64. The van der Waals surface area contributed by atoms with Gasteiger partial charge in [0.05, 0.1) is 4.92 Å². The minimum Gasteiger partial charge on any atom is -0.258 e. The summed E-state index contributed by atoms with van der Waals surface area (Å²) in [6.45, 7) is 4.00. The van der Waals surface area contributed by atoms with Crippen LogP contribution in [0.3, 0.4) is 0 Å². The molecule has 0 N–H and O–H groups in total. The molecule has 0 aromatic heterocycles. The molecule has 0 aliphatic heterocycles. The van der Waals surface area contributed by atoms with E-state index in [9.17, 15) is 10.1 Å². The van der Waals surface area contributed by atoms with Crippen LogP contribution in [0, 0.1) is 10.1 Å². The summed E-state index contributed by atoms with van der Waals surface area (Å²) in [7, 11) is 3.94. The van der Waals surface area contributed by atoms with E-state index >= 15 is 0 Å². The molecule has 0 radical (unpaired) electrons. The Balaban J connectivity index is 0.00000106. The summed E-state index contributed by atoms with van der Waals surface area (Å²) in [5.41, 5.74) is 1.23. The van der Waals surface area contributed by atoms with Gasteiger partial charge in [0.25, 0.3) is 5.69 Å². The van der Waals surface area contributed by atoms with Crippen molar-refractivity contribution in [2.45, 2.75) is 19.6 Å². The van der Waals surface area contributed by atoms with Crippen molar-refractivity contribution in [3.05, 3.63) is 39.9 Å². The van der Waals surface area contributed by atoms with Crippen LogP contribution in [-0.4, -0.2) is 23.3 Å². The number of nitrogens with zero attached hydrogens (tertiary/aromatic N) is 2. The van der Waals surface area contributed by atoms with Gasteiger partial charge in [0.2, 0.25) is 0 Å². The second-order valence-electron chi connectivity index (χ2n) is 3.01.